The SMILES string of the molecule is c1cc(CN2CCNCC2)cc(-c2ncco2)c1. The molecule has 0 amide bonds. The van der Waals surface area contributed by atoms with E-state index in [2.05, 4.69) is 33.4 Å². The van der Waals surface area contributed by atoms with Crippen molar-refractivity contribution in [2.24, 2.45) is 0 Å². The summed E-state index contributed by atoms with van der Waals surface area (Å²) >= 11 is 0. The number of rotatable bonds is 3. The molecule has 3 rings (SSSR count). The lowest BCUT2D eigenvalue weighted by Crippen LogP contribution is -2.42. The van der Waals surface area contributed by atoms with Crippen molar-refractivity contribution in [3.05, 3.63) is 42.3 Å². The Hall–Kier alpha value is -1.65. The third-order valence-electron chi connectivity index (χ3n) is 3.22. The Morgan fingerprint density at radius 2 is 2.17 bits per heavy atom. The highest BCUT2D eigenvalue weighted by Gasteiger charge is 2.10. The van der Waals surface area contributed by atoms with Gasteiger partial charge in [-0.25, -0.2) is 4.98 Å². The molecule has 1 saturated heterocycles. The molecule has 1 aliphatic rings. The molecule has 4 nitrogen and oxygen atoms in total. The summed E-state index contributed by atoms with van der Waals surface area (Å²) in [6.07, 6.45) is 3.29. The maximum Gasteiger partial charge on any atom is 0.225 e. The number of hydrogen-bond acceptors (Lipinski definition) is 4. The zero-order valence-electron chi connectivity index (χ0n) is 10.3. The minimum Gasteiger partial charge on any atom is -0.445 e. The molecule has 4 heteroatoms. The molecule has 0 radical (unpaired) electrons. The van der Waals surface area contributed by atoms with Crippen LogP contribution in [-0.2, 0) is 6.54 Å². The third kappa shape index (κ3) is 2.60. The monoisotopic (exact) mass is 243 g/mol. The third-order valence-corrected chi connectivity index (χ3v) is 3.22. The predicted molar refractivity (Wildman–Crippen MR) is 70.1 cm³/mol. The van der Waals surface area contributed by atoms with E-state index in [1.54, 1.807) is 12.5 Å². The van der Waals surface area contributed by atoms with Gasteiger partial charge in [0.05, 0.1) is 6.20 Å². The van der Waals surface area contributed by atoms with E-state index in [1.807, 2.05) is 6.07 Å². The molecular formula is C14H17N3O. The number of nitrogens with one attached hydrogen (secondary N) is 1. The maximum absolute atomic E-state index is 5.33. The quantitative estimate of drug-likeness (QED) is 0.891. The molecule has 2 aromatic rings. The van der Waals surface area contributed by atoms with Gasteiger partial charge in [-0.3, -0.25) is 4.90 Å². The van der Waals surface area contributed by atoms with Gasteiger partial charge in [0.25, 0.3) is 0 Å². The van der Waals surface area contributed by atoms with E-state index in [1.165, 1.54) is 5.56 Å². The molecular weight excluding hydrogens is 226 g/mol. The zero-order valence-corrected chi connectivity index (χ0v) is 10.3. The molecule has 0 spiro atoms. The summed E-state index contributed by atoms with van der Waals surface area (Å²) in [4.78, 5) is 6.65. The van der Waals surface area contributed by atoms with Crippen molar-refractivity contribution in [2.75, 3.05) is 26.2 Å². The molecule has 1 aromatic heterocycles. The number of piperazine rings is 1. The normalized spacial score (nSPS) is 16.9. The Morgan fingerprint density at radius 1 is 1.28 bits per heavy atom. The highest BCUT2D eigenvalue weighted by Crippen LogP contribution is 2.19. The van der Waals surface area contributed by atoms with Gasteiger partial charge in [0, 0.05) is 38.3 Å². The van der Waals surface area contributed by atoms with E-state index in [-0.39, 0.29) is 0 Å². The minimum absolute atomic E-state index is 0.692. The van der Waals surface area contributed by atoms with Gasteiger partial charge in [0.1, 0.15) is 6.26 Å². The zero-order chi connectivity index (χ0) is 12.2. The van der Waals surface area contributed by atoms with E-state index in [4.69, 9.17) is 4.42 Å². The Bertz CT molecular complexity index is 490. The molecule has 2 heterocycles. The highest BCUT2D eigenvalue weighted by molar-refractivity contribution is 5.53. The summed E-state index contributed by atoms with van der Waals surface area (Å²) in [6.45, 7) is 5.39. The minimum atomic E-state index is 0.692. The summed E-state index contributed by atoms with van der Waals surface area (Å²) in [5.74, 6) is 0.692. The fourth-order valence-corrected chi connectivity index (χ4v) is 2.30. The lowest BCUT2D eigenvalue weighted by molar-refractivity contribution is 0.233. The van der Waals surface area contributed by atoms with E-state index < -0.39 is 0 Å². The molecule has 0 atom stereocenters. The van der Waals surface area contributed by atoms with Crippen LogP contribution in [0.3, 0.4) is 0 Å². The smallest absolute Gasteiger partial charge is 0.225 e. The highest BCUT2D eigenvalue weighted by atomic mass is 16.3. The van der Waals surface area contributed by atoms with Crippen molar-refractivity contribution in [2.45, 2.75) is 6.54 Å². The van der Waals surface area contributed by atoms with Gasteiger partial charge in [-0.2, -0.15) is 0 Å². The fourth-order valence-electron chi connectivity index (χ4n) is 2.30. The largest absolute Gasteiger partial charge is 0.445 e. The van der Waals surface area contributed by atoms with Crippen LogP contribution in [0.15, 0.2) is 41.1 Å². The van der Waals surface area contributed by atoms with Gasteiger partial charge in [0.15, 0.2) is 0 Å². The number of benzene rings is 1. The second-order valence-electron chi connectivity index (χ2n) is 4.56. The van der Waals surface area contributed by atoms with Crippen molar-refractivity contribution in [3.63, 3.8) is 0 Å². The summed E-state index contributed by atoms with van der Waals surface area (Å²) in [5.41, 5.74) is 2.36. The molecule has 1 fully saturated rings. The van der Waals surface area contributed by atoms with E-state index in [9.17, 15) is 0 Å². The summed E-state index contributed by atoms with van der Waals surface area (Å²) in [6, 6.07) is 8.42. The predicted octanol–water partition coefficient (Wildman–Crippen LogP) is 1.75. The molecule has 1 aliphatic heterocycles. The molecule has 1 aromatic carbocycles. The van der Waals surface area contributed by atoms with Crippen LogP contribution in [0.4, 0.5) is 0 Å². The maximum atomic E-state index is 5.33. The average molecular weight is 243 g/mol. The molecule has 0 aliphatic carbocycles. The van der Waals surface area contributed by atoms with Gasteiger partial charge >= 0.3 is 0 Å². The van der Waals surface area contributed by atoms with Crippen LogP contribution < -0.4 is 5.32 Å². The van der Waals surface area contributed by atoms with E-state index >= 15 is 0 Å². The molecule has 94 valence electrons. The van der Waals surface area contributed by atoms with Crippen LogP contribution in [0.2, 0.25) is 0 Å². The van der Waals surface area contributed by atoms with E-state index in [0.29, 0.717) is 5.89 Å². The molecule has 0 unspecified atom stereocenters. The van der Waals surface area contributed by atoms with Gasteiger partial charge in [-0.05, 0) is 17.7 Å². The van der Waals surface area contributed by atoms with Crippen LogP contribution >= 0.6 is 0 Å². The van der Waals surface area contributed by atoms with Crippen molar-refractivity contribution in [1.82, 2.24) is 15.2 Å². The first kappa shape index (κ1) is 11.4. The standard InChI is InChI=1S/C14H17N3O/c1-2-12(11-17-7-4-15-5-8-17)10-13(3-1)14-16-6-9-18-14/h1-3,6,9-10,15H,4-5,7-8,11H2. The first-order valence-corrected chi connectivity index (χ1v) is 6.34. The van der Waals surface area contributed by atoms with Gasteiger partial charge in [-0.15, -0.1) is 0 Å². The first-order chi connectivity index (χ1) is 8.92. The van der Waals surface area contributed by atoms with Gasteiger partial charge < -0.3 is 9.73 Å². The lowest BCUT2D eigenvalue weighted by atomic mass is 10.1. The first-order valence-electron chi connectivity index (χ1n) is 6.34. The van der Waals surface area contributed by atoms with Crippen molar-refractivity contribution in [1.29, 1.82) is 0 Å². The van der Waals surface area contributed by atoms with Crippen LogP contribution in [0, 0.1) is 0 Å². The Balaban J connectivity index is 1.74. The summed E-state index contributed by atoms with van der Waals surface area (Å²) in [5, 5.41) is 3.37. The summed E-state index contributed by atoms with van der Waals surface area (Å²) in [7, 11) is 0. The number of oxazole rings is 1. The van der Waals surface area contributed by atoms with Gasteiger partial charge in [0.2, 0.25) is 5.89 Å². The Labute approximate surface area is 107 Å². The van der Waals surface area contributed by atoms with Crippen LogP contribution in [0.1, 0.15) is 5.56 Å². The number of aromatic nitrogens is 1. The molecule has 0 saturated carbocycles. The van der Waals surface area contributed by atoms with Crippen molar-refractivity contribution in [3.8, 4) is 11.5 Å². The fraction of sp³-hybridized carbons (Fsp3) is 0.357. The van der Waals surface area contributed by atoms with Crippen LogP contribution in [-0.4, -0.2) is 36.1 Å². The van der Waals surface area contributed by atoms with Gasteiger partial charge in [-0.1, -0.05) is 12.1 Å². The Kier molecular flexibility index (Phi) is 3.39. The Morgan fingerprint density at radius 3 is 2.94 bits per heavy atom. The number of hydrogen-bond donors (Lipinski definition) is 1. The second-order valence-corrected chi connectivity index (χ2v) is 4.56. The average Bonchev–Trinajstić information content (AvgIpc) is 2.94. The number of nitrogens with zero attached hydrogens (tertiary/aromatic N) is 2. The summed E-state index contributed by atoms with van der Waals surface area (Å²) < 4.78 is 5.33. The van der Waals surface area contributed by atoms with Crippen molar-refractivity contribution < 1.29 is 4.42 Å². The van der Waals surface area contributed by atoms with Crippen molar-refractivity contribution >= 4 is 0 Å². The molecule has 18 heavy (non-hydrogen) atoms. The second kappa shape index (κ2) is 5.33. The lowest BCUT2D eigenvalue weighted by Gasteiger charge is -2.27. The van der Waals surface area contributed by atoms with Crippen LogP contribution in [0.25, 0.3) is 11.5 Å². The van der Waals surface area contributed by atoms with Crippen LogP contribution in [0.5, 0.6) is 0 Å². The molecule has 1 N–H and O–H groups in total. The topological polar surface area (TPSA) is 41.3 Å². The molecule has 0 bridgehead atoms. The van der Waals surface area contributed by atoms with E-state index in [0.717, 1.165) is 38.3 Å².